The molecule has 0 saturated heterocycles. The molecule has 0 aromatic heterocycles. The van der Waals surface area contributed by atoms with Crippen LogP contribution in [0.3, 0.4) is 0 Å². The van der Waals surface area contributed by atoms with E-state index in [1.54, 1.807) is 0 Å². The molecule has 6 atom stereocenters. The molecule has 4 heteroatoms. The molecule has 0 N–H and O–H groups in total. The summed E-state index contributed by atoms with van der Waals surface area (Å²) in [5, 5.41) is 0. The summed E-state index contributed by atoms with van der Waals surface area (Å²) in [7, 11) is 0. The van der Waals surface area contributed by atoms with E-state index in [1.807, 2.05) is 0 Å². The van der Waals surface area contributed by atoms with Crippen LogP contribution >= 0.6 is 0 Å². The van der Waals surface area contributed by atoms with Crippen molar-refractivity contribution in [2.75, 3.05) is 13.2 Å². The lowest BCUT2D eigenvalue weighted by molar-refractivity contribution is -0.165. The van der Waals surface area contributed by atoms with Gasteiger partial charge in [-0.2, -0.15) is 0 Å². The second kappa shape index (κ2) is 23.8. The zero-order valence-corrected chi connectivity index (χ0v) is 36.1. The first-order valence-corrected chi connectivity index (χ1v) is 23.3. The van der Waals surface area contributed by atoms with Crippen LogP contribution in [0.2, 0.25) is 0 Å². The number of rotatable bonds is 24. The molecule has 0 aliphatic heterocycles. The molecule has 0 bridgehead atoms. The molecule has 304 valence electrons. The normalized spacial score (nSPS) is 30.6. The maximum atomic E-state index is 13.5. The minimum atomic E-state index is -0.329. The largest absolute Gasteiger partial charge is 0.465 e. The lowest BCUT2D eigenvalue weighted by Gasteiger charge is -2.42. The molecule has 3 fully saturated rings. The third kappa shape index (κ3) is 15.2. The predicted molar refractivity (Wildman–Crippen MR) is 220 cm³/mol. The van der Waals surface area contributed by atoms with Crippen LogP contribution in [0.4, 0.5) is 0 Å². The SMILES string of the molecule is CCCCC(C)CC(C)CC1(CCC)CCC(COC(=O)C2CCCCC2C(=O)OCC2CCC(CCC)(CC(C)CC(C)CCCC)CC2)CC1. The van der Waals surface area contributed by atoms with Gasteiger partial charge in [0.25, 0.3) is 0 Å². The second-order valence-electron chi connectivity index (χ2n) is 19.7. The molecule has 3 rings (SSSR count). The third-order valence-corrected chi connectivity index (χ3v) is 14.5. The predicted octanol–water partition coefficient (Wildman–Crippen LogP) is 14.3. The summed E-state index contributed by atoms with van der Waals surface area (Å²) in [6.45, 7) is 20.2. The standard InChI is InChI=1S/C48H88O4/c1-9-13-17-37(5)31-39(7)33-47(25-11-3)27-21-41(22-28-47)35-51-45(49)43-19-15-16-20-44(43)46(50)52-36-42-23-29-48(26-12-4,30-24-42)34-40(8)32-38(6)18-14-10-2/h37-44H,9-36H2,1-8H3. The molecule has 4 nitrogen and oxygen atoms in total. The smallest absolute Gasteiger partial charge is 0.309 e. The van der Waals surface area contributed by atoms with Gasteiger partial charge in [-0.15, -0.1) is 0 Å². The molecule has 0 aromatic rings. The van der Waals surface area contributed by atoms with Crippen molar-refractivity contribution in [1.82, 2.24) is 0 Å². The number of ether oxygens (including phenoxy) is 2. The fourth-order valence-electron chi connectivity index (χ4n) is 11.8. The van der Waals surface area contributed by atoms with Crippen LogP contribution < -0.4 is 0 Å². The van der Waals surface area contributed by atoms with E-state index in [0.29, 0.717) is 35.9 Å². The van der Waals surface area contributed by atoms with E-state index >= 15 is 0 Å². The Bertz CT molecular complexity index is 895. The topological polar surface area (TPSA) is 52.6 Å². The van der Waals surface area contributed by atoms with E-state index in [-0.39, 0.29) is 23.8 Å². The number of unbranched alkanes of at least 4 members (excludes halogenated alkanes) is 2. The molecule has 3 saturated carbocycles. The van der Waals surface area contributed by atoms with Gasteiger partial charge in [-0.25, -0.2) is 0 Å². The highest BCUT2D eigenvalue weighted by atomic mass is 16.5. The molecule has 3 aliphatic carbocycles. The first-order chi connectivity index (χ1) is 25.0. The third-order valence-electron chi connectivity index (χ3n) is 14.5. The van der Waals surface area contributed by atoms with Crippen LogP contribution in [0.25, 0.3) is 0 Å². The van der Waals surface area contributed by atoms with Crippen LogP contribution in [0, 0.1) is 58.2 Å². The van der Waals surface area contributed by atoms with E-state index in [0.717, 1.165) is 49.4 Å². The van der Waals surface area contributed by atoms with Gasteiger partial charge in [-0.05, 0) is 149 Å². The van der Waals surface area contributed by atoms with Crippen molar-refractivity contribution in [2.24, 2.45) is 58.2 Å². The van der Waals surface area contributed by atoms with E-state index in [4.69, 9.17) is 9.47 Å². The van der Waals surface area contributed by atoms with E-state index < -0.39 is 0 Å². The van der Waals surface area contributed by atoms with Crippen molar-refractivity contribution in [2.45, 2.75) is 222 Å². The van der Waals surface area contributed by atoms with Gasteiger partial charge >= 0.3 is 11.9 Å². The van der Waals surface area contributed by atoms with E-state index in [1.165, 1.54) is 141 Å². The second-order valence-corrected chi connectivity index (χ2v) is 19.7. The molecule has 0 heterocycles. The number of hydrogen-bond donors (Lipinski definition) is 0. The van der Waals surface area contributed by atoms with Gasteiger partial charge in [0, 0.05) is 0 Å². The fraction of sp³-hybridized carbons (Fsp3) is 0.958. The van der Waals surface area contributed by atoms with E-state index in [2.05, 4.69) is 55.4 Å². The Hall–Kier alpha value is -1.06. The van der Waals surface area contributed by atoms with E-state index in [9.17, 15) is 9.59 Å². The van der Waals surface area contributed by atoms with Crippen molar-refractivity contribution < 1.29 is 19.1 Å². The van der Waals surface area contributed by atoms with Crippen molar-refractivity contribution in [3.63, 3.8) is 0 Å². The van der Waals surface area contributed by atoms with Gasteiger partial charge in [0.05, 0.1) is 25.0 Å². The molecular formula is C48H88O4. The summed E-state index contributed by atoms with van der Waals surface area (Å²) in [6.07, 6.45) is 31.9. The van der Waals surface area contributed by atoms with Crippen LogP contribution in [0.1, 0.15) is 222 Å². The summed E-state index contributed by atoms with van der Waals surface area (Å²) >= 11 is 0. The molecule has 0 spiro atoms. The lowest BCUT2D eigenvalue weighted by atomic mass is 9.64. The van der Waals surface area contributed by atoms with Crippen molar-refractivity contribution in [3.05, 3.63) is 0 Å². The maximum absolute atomic E-state index is 13.5. The number of hydrogen-bond acceptors (Lipinski definition) is 4. The molecule has 0 aromatic carbocycles. The van der Waals surface area contributed by atoms with Crippen LogP contribution in [0.15, 0.2) is 0 Å². The maximum Gasteiger partial charge on any atom is 0.309 e. The fourth-order valence-corrected chi connectivity index (χ4v) is 11.8. The number of carbonyl (C=O) groups excluding carboxylic acids is 2. The average molecular weight is 729 g/mol. The minimum Gasteiger partial charge on any atom is -0.465 e. The van der Waals surface area contributed by atoms with Gasteiger partial charge in [-0.1, -0.05) is 120 Å². The van der Waals surface area contributed by atoms with Crippen LogP contribution in [0.5, 0.6) is 0 Å². The molecule has 0 radical (unpaired) electrons. The molecule has 52 heavy (non-hydrogen) atoms. The molecule has 0 amide bonds. The monoisotopic (exact) mass is 729 g/mol. The van der Waals surface area contributed by atoms with Gasteiger partial charge in [-0.3, -0.25) is 9.59 Å². The Balaban J connectivity index is 1.43. The zero-order valence-electron chi connectivity index (χ0n) is 36.1. The van der Waals surface area contributed by atoms with Gasteiger partial charge in [0.2, 0.25) is 0 Å². The molecule has 6 unspecified atom stereocenters. The van der Waals surface area contributed by atoms with Crippen LogP contribution in [-0.2, 0) is 19.1 Å². The van der Waals surface area contributed by atoms with Crippen molar-refractivity contribution in [3.8, 4) is 0 Å². The van der Waals surface area contributed by atoms with Gasteiger partial charge < -0.3 is 9.47 Å². The summed E-state index contributed by atoms with van der Waals surface area (Å²) in [6, 6.07) is 0. The molecular weight excluding hydrogens is 641 g/mol. The van der Waals surface area contributed by atoms with Gasteiger partial charge in [0.1, 0.15) is 0 Å². The number of carbonyl (C=O) groups is 2. The van der Waals surface area contributed by atoms with Crippen molar-refractivity contribution in [1.29, 1.82) is 0 Å². The highest BCUT2D eigenvalue weighted by molar-refractivity contribution is 5.82. The highest BCUT2D eigenvalue weighted by Crippen LogP contribution is 2.49. The Kier molecular flexibility index (Phi) is 20.7. The average Bonchev–Trinajstić information content (AvgIpc) is 3.12. The zero-order chi connectivity index (χ0) is 38.0. The first-order valence-electron chi connectivity index (χ1n) is 23.3. The Labute approximate surface area is 323 Å². The highest BCUT2D eigenvalue weighted by Gasteiger charge is 2.41. The first kappa shape index (κ1) is 45.3. The summed E-state index contributed by atoms with van der Waals surface area (Å²) in [4.78, 5) is 27.0. The number of esters is 2. The summed E-state index contributed by atoms with van der Waals surface area (Å²) in [5.74, 6) is 3.21. The quantitative estimate of drug-likeness (QED) is 0.0929. The minimum absolute atomic E-state index is 0.137. The van der Waals surface area contributed by atoms with Gasteiger partial charge in [0.15, 0.2) is 0 Å². The summed E-state index contributed by atoms with van der Waals surface area (Å²) in [5.41, 5.74) is 0.941. The lowest BCUT2D eigenvalue weighted by Crippen LogP contribution is -2.37. The Morgan fingerprint density at radius 2 is 0.904 bits per heavy atom. The molecule has 3 aliphatic rings. The Morgan fingerprint density at radius 1 is 0.538 bits per heavy atom. The summed E-state index contributed by atoms with van der Waals surface area (Å²) < 4.78 is 12.1. The van der Waals surface area contributed by atoms with Crippen LogP contribution in [-0.4, -0.2) is 25.2 Å². The van der Waals surface area contributed by atoms with Crippen molar-refractivity contribution >= 4 is 11.9 Å². The Morgan fingerprint density at radius 3 is 1.23 bits per heavy atom.